The van der Waals surface area contributed by atoms with Crippen molar-refractivity contribution in [2.45, 2.75) is 6.61 Å². The number of ether oxygens (including phenoxy) is 1. The SMILES string of the molecule is O=C(COc1ccc(F)cc1F)Nc1cnccc1CO. The van der Waals surface area contributed by atoms with E-state index in [9.17, 15) is 13.6 Å². The maximum Gasteiger partial charge on any atom is 0.262 e. The molecular weight excluding hydrogens is 282 g/mol. The summed E-state index contributed by atoms with van der Waals surface area (Å²) in [6, 6.07) is 4.34. The minimum absolute atomic E-state index is 0.222. The molecule has 1 aromatic carbocycles. The summed E-state index contributed by atoms with van der Waals surface area (Å²) in [5, 5.41) is 11.6. The lowest BCUT2D eigenvalue weighted by atomic mass is 10.2. The fourth-order valence-corrected chi connectivity index (χ4v) is 1.60. The molecule has 0 spiro atoms. The Morgan fingerprint density at radius 3 is 2.86 bits per heavy atom. The highest BCUT2D eigenvalue weighted by Crippen LogP contribution is 2.18. The van der Waals surface area contributed by atoms with Gasteiger partial charge in [0.15, 0.2) is 18.2 Å². The van der Waals surface area contributed by atoms with Crippen LogP contribution in [0.25, 0.3) is 0 Å². The molecule has 0 saturated carbocycles. The van der Waals surface area contributed by atoms with E-state index in [2.05, 4.69) is 10.3 Å². The molecule has 0 aliphatic rings. The van der Waals surface area contributed by atoms with Crippen molar-refractivity contribution >= 4 is 11.6 Å². The molecule has 0 fully saturated rings. The van der Waals surface area contributed by atoms with Crippen LogP contribution < -0.4 is 10.1 Å². The van der Waals surface area contributed by atoms with E-state index in [4.69, 9.17) is 9.84 Å². The van der Waals surface area contributed by atoms with Crippen LogP contribution in [0.15, 0.2) is 36.7 Å². The summed E-state index contributed by atoms with van der Waals surface area (Å²) in [6.45, 7) is -0.714. The van der Waals surface area contributed by atoms with Crippen LogP contribution in [-0.2, 0) is 11.4 Å². The third-order valence-corrected chi connectivity index (χ3v) is 2.61. The number of amides is 1. The second-order valence-corrected chi connectivity index (χ2v) is 4.10. The molecule has 0 bridgehead atoms. The van der Waals surface area contributed by atoms with Crippen molar-refractivity contribution in [3.63, 3.8) is 0 Å². The molecule has 0 unspecified atom stereocenters. The first-order valence-electron chi connectivity index (χ1n) is 6.01. The first-order valence-corrected chi connectivity index (χ1v) is 6.01. The predicted octanol–water partition coefficient (Wildman–Crippen LogP) is 1.87. The Morgan fingerprint density at radius 2 is 2.14 bits per heavy atom. The lowest BCUT2D eigenvalue weighted by molar-refractivity contribution is -0.118. The van der Waals surface area contributed by atoms with Gasteiger partial charge in [0.25, 0.3) is 5.91 Å². The molecular formula is C14H12F2N2O3. The number of anilines is 1. The van der Waals surface area contributed by atoms with Gasteiger partial charge in [-0.3, -0.25) is 9.78 Å². The van der Waals surface area contributed by atoms with E-state index >= 15 is 0 Å². The summed E-state index contributed by atoms with van der Waals surface area (Å²) in [4.78, 5) is 15.5. The maximum absolute atomic E-state index is 13.3. The topological polar surface area (TPSA) is 71.5 Å². The summed E-state index contributed by atoms with van der Waals surface area (Å²) in [5.74, 6) is -2.39. The van der Waals surface area contributed by atoms with Gasteiger partial charge >= 0.3 is 0 Å². The van der Waals surface area contributed by atoms with Gasteiger partial charge in [-0.2, -0.15) is 0 Å². The number of pyridine rings is 1. The van der Waals surface area contributed by atoms with Gasteiger partial charge in [-0.15, -0.1) is 0 Å². The van der Waals surface area contributed by atoms with E-state index in [0.717, 1.165) is 12.1 Å². The lowest BCUT2D eigenvalue weighted by Gasteiger charge is -2.10. The fraction of sp³-hybridized carbons (Fsp3) is 0.143. The number of rotatable bonds is 5. The first kappa shape index (κ1) is 14.9. The molecule has 1 aromatic heterocycles. The molecule has 2 aromatic rings. The van der Waals surface area contributed by atoms with Crippen LogP contribution in [0, 0.1) is 11.6 Å². The average Bonchev–Trinajstić information content (AvgIpc) is 2.47. The highest BCUT2D eigenvalue weighted by Gasteiger charge is 2.10. The molecule has 0 radical (unpaired) electrons. The Bertz CT molecular complexity index is 650. The molecule has 5 nitrogen and oxygen atoms in total. The van der Waals surface area contributed by atoms with E-state index in [0.29, 0.717) is 17.3 Å². The quantitative estimate of drug-likeness (QED) is 0.883. The number of carbonyl (C=O) groups is 1. The lowest BCUT2D eigenvalue weighted by Crippen LogP contribution is -2.21. The van der Waals surface area contributed by atoms with Crippen LogP contribution in [0.5, 0.6) is 5.75 Å². The number of aliphatic hydroxyl groups is 1. The van der Waals surface area contributed by atoms with Crippen LogP contribution in [0.3, 0.4) is 0 Å². The number of carbonyl (C=O) groups excluding carboxylic acids is 1. The van der Waals surface area contributed by atoms with Gasteiger partial charge in [-0.25, -0.2) is 8.78 Å². The molecule has 0 atom stereocenters. The standard InChI is InChI=1S/C14H12F2N2O3/c15-10-1-2-13(11(16)5-10)21-8-14(20)18-12-6-17-4-3-9(12)7-19/h1-6,19H,7-8H2,(H,18,20). The van der Waals surface area contributed by atoms with Gasteiger partial charge in [-0.1, -0.05) is 0 Å². The molecule has 0 aliphatic carbocycles. The second kappa shape index (κ2) is 6.76. The van der Waals surface area contributed by atoms with E-state index < -0.39 is 24.1 Å². The third kappa shape index (κ3) is 3.96. The Labute approximate surface area is 119 Å². The Kier molecular flexibility index (Phi) is 4.78. The molecule has 21 heavy (non-hydrogen) atoms. The minimum Gasteiger partial charge on any atom is -0.481 e. The third-order valence-electron chi connectivity index (χ3n) is 2.61. The highest BCUT2D eigenvalue weighted by atomic mass is 19.1. The number of nitrogens with one attached hydrogen (secondary N) is 1. The number of aliphatic hydroxyl groups excluding tert-OH is 1. The summed E-state index contributed by atoms with van der Waals surface area (Å²) in [5.41, 5.74) is 0.833. The van der Waals surface area contributed by atoms with Crippen molar-refractivity contribution < 1.29 is 23.4 Å². The van der Waals surface area contributed by atoms with Crippen molar-refractivity contribution in [2.24, 2.45) is 0 Å². The smallest absolute Gasteiger partial charge is 0.262 e. The van der Waals surface area contributed by atoms with Crippen molar-refractivity contribution in [3.8, 4) is 5.75 Å². The Balaban J connectivity index is 1.96. The molecule has 1 amide bonds. The van der Waals surface area contributed by atoms with Gasteiger partial charge in [0.1, 0.15) is 5.82 Å². The van der Waals surface area contributed by atoms with Crippen LogP contribution >= 0.6 is 0 Å². The Morgan fingerprint density at radius 1 is 1.33 bits per heavy atom. The fourth-order valence-electron chi connectivity index (χ4n) is 1.60. The number of aromatic nitrogens is 1. The zero-order valence-electron chi connectivity index (χ0n) is 10.8. The predicted molar refractivity (Wildman–Crippen MR) is 70.6 cm³/mol. The van der Waals surface area contributed by atoms with Gasteiger partial charge in [-0.05, 0) is 18.2 Å². The molecule has 7 heteroatoms. The number of benzene rings is 1. The van der Waals surface area contributed by atoms with Gasteiger partial charge in [0.2, 0.25) is 0 Å². The molecule has 1 heterocycles. The van der Waals surface area contributed by atoms with E-state index in [1.54, 1.807) is 6.07 Å². The minimum atomic E-state index is -0.889. The van der Waals surface area contributed by atoms with E-state index in [1.807, 2.05) is 0 Å². The van der Waals surface area contributed by atoms with E-state index in [-0.39, 0.29) is 12.4 Å². The Hall–Kier alpha value is -2.54. The molecule has 2 N–H and O–H groups in total. The largest absolute Gasteiger partial charge is 0.481 e. The van der Waals surface area contributed by atoms with E-state index in [1.165, 1.54) is 12.4 Å². The normalized spacial score (nSPS) is 10.2. The van der Waals surface area contributed by atoms with Crippen LogP contribution in [0.4, 0.5) is 14.5 Å². The second-order valence-electron chi connectivity index (χ2n) is 4.10. The number of hydrogen-bond donors (Lipinski definition) is 2. The molecule has 0 saturated heterocycles. The first-order chi connectivity index (χ1) is 10.1. The number of hydrogen-bond acceptors (Lipinski definition) is 4. The summed E-state index contributed by atoms with van der Waals surface area (Å²) < 4.78 is 31.0. The van der Waals surface area contributed by atoms with Crippen LogP contribution in [0.1, 0.15) is 5.56 Å². The van der Waals surface area contributed by atoms with Gasteiger partial charge in [0.05, 0.1) is 18.5 Å². The number of halogens is 2. The number of nitrogens with zero attached hydrogens (tertiary/aromatic N) is 1. The summed E-state index contributed by atoms with van der Waals surface area (Å²) >= 11 is 0. The maximum atomic E-state index is 13.3. The van der Waals surface area contributed by atoms with Crippen molar-refractivity contribution in [1.29, 1.82) is 0 Å². The van der Waals surface area contributed by atoms with Gasteiger partial charge in [0, 0.05) is 17.8 Å². The molecule has 110 valence electrons. The summed E-state index contributed by atoms with van der Waals surface area (Å²) in [6.07, 6.45) is 2.85. The van der Waals surface area contributed by atoms with Gasteiger partial charge < -0.3 is 15.2 Å². The van der Waals surface area contributed by atoms with Crippen LogP contribution in [-0.4, -0.2) is 22.6 Å². The monoisotopic (exact) mass is 294 g/mol. The molecule has 0 aliphatic heterocycles. The van der Waals surface area contributed by atoms with Crippen LogP contribution in [0.2, 0.25) is 0 Å². The molecule has 2 rings (SSSR count). The average molecular weight is 294 g/mol. The van der Waals surface area contributed by atoms with Crippen molar-refractivity contribution in [1.82, 2.24) is 4.98 Å². The summed E-state index contributed by atoms with van der Waals surface area (Å²) in [7, 11) is 0. The van der Waals surface area contributed by atoms with Crippen molar-refractivity contribution in [3.05, 3.63) is 53.9 Å². The zero-order valence-corrected chi connectivity index (χ0v) is 10.8. The zero-order chi connectivity index (χ0) is 15.2. The highest BCUT2D eigenvalue weighted by molar-refractivity contribution is 5.92. The van der Waals surface area contributed by atoms with Crippen molar-refractivity contribution in [2.75, 3.05) is 11.9 Å².